The van der Waals surface area contributed by atoms with Crippen LogP contribution in [0.25, 0.3) is 0 Å². The average molecular weight is 411 g/mol. The van der Waals surface area contributed by atoms with E-state index in [9.17, 15) is 14.3 Å². The van der Waals surface area contributed by atoms with Crippen molar-refractivity contribution in [3.05, 3.63) is 35.6 Å². The number of hydrogen-bond acceptors (Lipinski definition) is 5. The Morgan fingerprint density at radius 3 is 2.79 bits per heavy atom. The maximum Gasteiger partial charge on any atom is 0.254 e. The van der Waals surface area contributed by atoms with E-state index in [1.54, 1.807) is 17.0 Å². The molecule has 0 aromatic heterocycles. The van der Waals surface area contributed by atoms with E-state index in [1.165, 1.54) is 12.1 Å². The first-order chi connectivity index (χ1) is 13.7. The van der Waals surface area contributed by atoms with Gasteiger partial charge in [0.25, 0.3) is 5.91 Å². The minimum Gasteiger partial charge on any atom is -0.389 e. The molecule has 0 radical (unpaired) electrons. The molecular weight excluding hydrogens is 375 g/mol. The monoisotopic (exact) mass is 410 g/mol. The number of carbonyl (C=O) groups is 1. The topological polar surface area (TPSA) is 62.2 Å². The fourth-order valence-corrected chi connectivity index (χ4v) is 3.44. The lowest BCUT2D eigenvalue weighted by atomic mass is 10.1. The van der Waals surface area contributed by atoms with Crippen molar-refractivity contribution in [2.24, 2.45) is 5.92 Å². The maximum atomic E-state index is 13.6. The standard InChI is InChI=1S/C22H35FN2O4/c1-16(2)11-25(22(27)18-6-5-7-19(23)10-18)14-21-13-24(8-9-28-21)12-20(26)15-29-17(3)4/h5-7,10,16-17,20-21,26H,8-9,11-15H2,1-4H3/t20-,21+/m1/s1. The van der Waals surface area contributed by atoms with Crippen LogP contribution in [0.5, 0.6) is 0 Å². The molecule has 1 aliphatic rings. The quantitative estimate of drug-likeness (QED) is 0.642. The zero-order valence-corrected chi connectivity index (χ0v) is 18.0. The lowest BCUT2D eigenvalue weighted by Crippen LogP contribution is -2.51. The molecule has 1 aromatic carbocycles. The maximum absolute atomic E-state index is 13.6. The summed E-state index contributed by atoms with van der Waals surface area (Å²) in [4.78, 5) is 16.8. The van der Waals surface area contributed by atoms with Gasteiger partial charge in [-0.1, -0.05) is 19.9 Å². The molecule has 1 amide bonds. The number of amides is 1. The van der Waals surface area contributed by atoms with Gasteiger partial charge in [-0.25, -0.2) is 4.39 Å². The lowest BCUT2D eigenvalue weighted by molar-refractivity contribution is -0.0631. The van der Waals surface area contributed by atoms with E-state index in [0.717, 1.165) is 6.54 Å². The number of morpholine rings is 1. The Morgan fingerprint density at radius 1 is 1.38 bits per heavy atom. The van der Waals surface area contributed by atoms with Crippen molar-refractivity contribution in [2.45, 2.75) is 46.0 Å². The van der Waals surface area contributed by atoms with Crippen molar-refractivity contribution in [1.29, 1.82) is 0 Å². The predicted molar refractivity (Wildman–Crippen MR) is 110 cm³/mol. The highest BCUT2D eigenvalue weighted by atomic mass is 19.1. The molecule has 29 heavy (non-hydrogen) atoms. The van der Waals surface area contributed by atoms with Crippen molar-refractivity contribution in [1.82, 2.24) is 9.80 Å². The fourth-order valence-electron chi connectivity index (χ4n) is 3.44. The van der Waals surface area contributed by atoms with Crippen LogP contribution in [0.15, 0.2) is 24.3 Å². The normalized spacial score (nSPS) is 19.0. The first kappa shape index (κ1) is 23.7. The van der Waals surface area contributed by atoms with Crippen LogP contribution >= 0.6 is 0 Å². The molecule has 2 rings (SSSR count). The molecule has 0 aliphatic carbocycles. The van der Waals surface area contributed by atoms with Gasteiger partial charge < -0.3 is 19.5 Å². The highest BCUT2D eigenvalue weighted by Crippen LogP contribution is 2.14. The molecule has 0 saturated carbocycles. The van der Waals surface area contributed by atoms with Gasteiger partial charge in [0.05, 0.1) is 31.5 Å². The number of halogens is 1. The fraction of sp³-hybridized carbons (Fsp3) is 0.682. The van der Waals surface area contributed by atoms with Crippen LogP contribution in [0.2, 0.25) is 0 Å². The molecule has 2 atom stereocenters. The highest BCUT2D eigenvalue weighted by Gasteiger charge is 2.27. The van der Waals surface area contributed by atoms with E-state index in [4.69, 9.17) is 9.47 Å². The van der Waals surface area contributed by atoms with Crippen LogP contribution in [0.1, 0.15) is 38.1 Å². The second-order valence-electron chi connectivity index (χ2n) is 8.40. The summed E-state index contributed by atoms with van der Waals surface area (Å²) in [6, 6.07) is 5.79. The molecular formula is C22H35FN2O4. The van der Waals surface area contributed by atoms with Crippen LogP contribution in [0.3, 0.4) is 0 Å². The molecule has 1 N–H and O–H groups in total. The summed E-state index contributed by atoms with van der Waals surface area (Å²) in [6.07, 6.45) is -0.629. The largest absolute Gasteiger partial charge is 0.389 e. The minimum absolute atomic E-state index is 0.0838. The number of aliphatic hydroxyl groups is 1. The Kier molecular flexibility index (Phi) is 9.49. The summed E-state index contributed by atoms with van der Waals surface area (Å²) < 4.78 is 24.9. The van der Waals surface area contributed by atoms with Crippen LogP contribution in [-0.2, 0) is 9.47 Å². The second-order valence-corrected chi connectivity index (χ2v) is 8.40. The number of rotatable bonds is 10. The van der Waals surface area contributed by atoms with E-state index < -0.39 is 11.9 Å². The van der Waals surface area contributed by atoms with Crippen molar-refractivity contribution in [3.63, 3.8) is 0 Å². The van der Waals surface area contributed by atoms with Gasteiger partial charge in [-0.05, 0) is 38.0 Å². The van der Waals surface area contributed by atoms with Crippen molar-refractivity contribution in [2.75, 3.05) is 45.9 Å². The van der Waals surface area contributed by atoms with E-state index >= 15 is 0 Å². The third kappa shape index (κ3) is 8.38. The number of aliphatic hydroxyl groups excluding tert-OH is 1. The van der Waals surface area contributed by atoms with Crippen LogP contribution in [0.4, 0.5) is 4.39 Å². The molecule has 1 heterocycles. The Balaban J connectivity index is 1.96. The van der Waals surface area contributed by atoms with Gasteiger partial charge in [0.15, 0.2) is 0 Å². The molecule has 0 unspecified atom stereocenters. The molecule has 1 aliphatic heterocycles. The van der Waals surface area contributed by atoms with Crippen LogP contribution < -0.4 is 0 Å². The number of hydrogen-bond donors (Lipinski definition) is 1. The molecule has 0 spiro atoms. The SMILES string of the molecule is CC(C)CN(C[C@@H]1CN(C[C@@H](O)COC(C)C)CCO1)C(=O)c1cccc(F)c1. The molecule has 1 fully saturated rings. The summed E-state index contributed by atoms with van der Waals surface area (Å²) in [6.45, 7) is 11.7. The average Bonchev–Trinajstić information content (AvgIpc) is 2.65. The van der Waals surface area contributed by atoms with Gasteiger partial charge in [-0.15, -0.1) is 0 Å². The second kappa shape index (κ2) is 11.6. The smallest absolute Gasteiger partial charge is 0.254 e. The van der Waals surface area contributed by atoms with Crippen molar-refractivity contribution >= 4 is 5.91 Å². The van der Waals surface area contributed by atoms with Crippen molar-refractivity contribution in [3.8, 4) is 0 Å². The number of ether oxygens (including phenoxy) is 2. The molecule has 6 nitrogen and oxygen atoms in total. The zero-order valence-electron chi connectivity index (χ0n) is 18.0. The van der Waals surface area contributed by atoms with E-state index in [2.05, 4.69) is 4.90 Å². The summed E-state index contributed by atoms with van der Waals surface area (Å²) in [5, 5.41) is 10.2. The number of benzene rings is 1. The van der Waals surface area contributed by atoms with E-state index in [1.807, 2.05) is 27.7 Å². The van der Waals surface area contributed by atoms with Gasteiger partial charge in [-0.2, -0.15) is 0 Å². The van der Waals surface area contributed by atoms with E-state index in [-0.39, 0.29) is 24.0 Å². The lowest BCUT2D eigenvalue weighted by Gasteiger charge is -2.37. The Bertz CT molecular complexity index is 641. The van der Waals surface area contributed by atoms with Crippen molar-refractivity contribution < 1.29 is 23.8 Å². The highest BCUT2D eigenvalue weighted by molar-refractivity contribution is 5.94. The Morgan fingerprint density at radius 2 is 2.14 bits per heavy atom. The third-order valence-electron chi connectivity index (χ3n) is 4.68. The number of β-amino-alcohol motifs (C(OH)–C–C–N with tert-alkyl or cyclic N) is 1. The predicted octanol–water partition coefficient (Wildman–Crippen LogP) is 2.41. The number of carbonyl (C=O) groups excluding carboxylic acids is 1. The molecule has 1 saturated heterocycles. The summed E-state index contributed by atoms with van der Waals surface area (Å²) in [5.74, 6) is -0.329. The third-order valence-corrected chi connectivity index (χ3v) is 4.68. The molecule has 7 heteroatoms. The minimum atomic E-state index is -0.558. The molecule has 1 aromatic rings. The Hall–Kier alpha value is -1.54. The first-order valence-corrected chi connectivity index (χ1v) is 10.4. The van der Waals surface area contributed by atoms with Crippen LogP contribution in [0, 0.1) is 11.7 Å². The van der Waals surface area contributed by atoms with Gasteiger partial charge in [-0.3, -0.25) is 9.69 Å². The molecule has 164 valence electrons. The summed E-state index contributed by atoms with van der Waals surface area (Å²) >= 11 is 0. The first-order valence-electron chi connectivity index (χ1n) is 10.4. The number of nitrogens with zero attached hydrogens (tertiary/aromatic N) is 2. The van der Waals surface area contributed by atoms with Gasteiger partial charge in [0.1, 0.15) is 5.82 Å². The van der Waals surface area contributed by atoms with Gasteiger partial charge in [0.2, 0.25) is 0 Å². The summed E-state index contributed by atoms with van der Waals surface area (Å²) in [5.41, 5.74) is 0.347. The zero-order chi connectivity index (χ0) is 21.4. The van der Waals surface area contributed by atoms with E-state index in [0.29, 0.717) is 45.0 Å². The van der Waals surface area contributed by atoms with Gasteiger partial charge in [0, 0.05) is 38.3 Å². The van der Waals surface area contributed by atoms with Crippen LogP contribution in [-0.4, -0.2) is 85.1 Å². The van der Waals surface area contributed by atoms with Gasteiger partial charge >= 0.3 is 0 Å². The molecule has 0 bridgehead atoms. The summed E-state index contributed by atoms with van der Waals surface area (Å²) in [7, 11) is 0. The Labute approximate surface area is 173 Å².